The summed E-state index contributed by atoms with van der Waals surface area (Å²) in [5.74, 6) is 2.12. The molecule has 2 saturated carbocycles. The van der Waals surface area contributed by atoms with E-state index in [1.807, 2.05) is 6.08 Å². The minimum Gasteiger partial charge on any atom is -0.493 e. The average Bonchev–Trinajstić information content (AvgIpc) is 3.29. The number of hydrogen-bond acceptors (Lipinski definition) is 7. The van der Waals surface area contributed by atoms with E-state index in [0.717, 1.165) is 25.7 Å². The summed E-state index contributed by atoms with van der Waals surface area (Å²) in [7, 11) is 3.12. The summed E-state index contributed by atoms with van der Waals surface area (Å²) < 4.78 is 21.3. The number of aliphatic hydroxyl groups is 2. The average molecular weight is 451 g/mol. The maximum Gasteiger partial charge on any atom is 0.329 e. The molecular weight excluding hydrogens is 416 g/mol. The first kappa shape index (κ1) is 24.4. The van der Waals surface area contributed by atoms with Gasteiger partial charge in [-0.15, -0.1) is 0 Å². The largest absolute Gasteiger partial charge is 0.493 e. The van der Waals surface area contributed by atoms with Crippen molar-refractivity contribution >= 4 is 5.97 Å². The highest BCUT2D eigenvalue weighted by Gasteiger charge is 2.46. The zero-order valence-electron chi connectivity index (χ0n) is 18.7. The number of ether oxygens (including phenoxy) is 4. The minimum atomic E-state index is -0.949. The highest BCUT2D eigenvalue weighted by molar-refractivity contribution is 5.67. The number of carboxylic acid groups (broad SMARTS) is 1. The van der Waals surface area contributed by atoms with Gasteiger partial charge in [0.1, 0.15) is 25.1 Å². The molecule has 0 aliphatic heterocycles. The Hall–Kier alpha value is -2.29. The Kier molecular flexibility index (Phi) is 8.78. The molecule has 0 radical (unpaired) electrons. The van der Waals surface area contributed by atoms with Crippen molar-refractivity contribution in [1.29, 1.82) is 0 Å². The van der Waals surface area contributed by atoms with Crippen LogP contribution < -0.4 is 14.2 Å². The number of carboxylic acids is 1. The highest BCUT2D eigenvalue weighted by Crippen LogP contribution is 2.51. The number of aliphatic carboxylic acids is 1. The number of benzene rings is 1. The Labute approximate surface area is 188 Å². The molecule has 2 fully saturated rings. The number of aliphatic hydroxyl groups excluding tert-OH is 2. The molecule has 3 rings (SSSR count). The third-order valence-corrected chi connectivity index (χ3v) is 6.56. The molecule has 1 aromatic rings. The molecule has 3 N–H and O–H groups in total. The fourth-order valence-electron chi connectivity index (χ4n) is 5.09. The Morgan fingerprint density at radius 3 is 2.69 bits per heavy atom. The van der Waals surface area contributed by atoms with Crippen molar-refractivity contribution in [1.82, 2.24) is 0 Å². The van der Waals surface area contributed by atoms with Crippen molar-refractivity contribution in [2.24, 2.45) is 23.7 Å². The van der Waals surface area contributed by atoms with Gasteiger partial charge in [0.2, 0.25) is 0 Å². The summed E-state index contributed by atoms with van der Waals surface area (Å²) in [6.45, 7) is 0.283. The van der Waals surface area contributed by atoms with Gasteiger partial charge >= 0.3 is 5.97 Å². The van der Waals surface area contributed by atoms with Crippen LogP contribution in [0, 0.1) is 23.7 Å². The number of hydrogen-bond donors (Lipinski definition) is 3. The molecular formula is C24H34O8. The van der Waals surface area contributed by atoms with Gasteiger partial charge in [-0.05, 0) is 55.6 Å². The molecule has 8 nitrogen and oxygen atoms in total. The Bertz CT molecular complexity index is 779. The van der Waals surface area contributed by atoms with Crippen LogP contribution in [0.25, 0.3) is 0 Å². The van der Waals surface area contributed by atoms with E-state index in [1.165, 1.54) is 0 Å². The number of methoxy groups -OCH3 is 2. The predicted octanol–water partition coefficient (Wildman–Crippen LogP) is 2.51. The van der Waals surface area contributed by atoms with Crippen LogP contribution >= 0.6 is 0 Å². The lowest BCUT2D eigenvalue weighted by molar-refractivity contribution is -0.142. The summed E-state index contributed by atoms with van der Waals surface area (Å²) in [6.07, 6.45) is 6.08. The van der Waals surface area contributed by atoms with Gasteiger partial charge in [0.15, 0.2) is 11.5 Å². The summed E-state index contributed by atoms with van der Waals surface area (Å²) in [4.78, 5) is 10.5. The van der Waals surface area contributed by atoms with Gasteiger partial charge in [-0.25, -0.2) is 4.79 Å². The molecule has 0 bridgehead atoms. The van der Waals surface area contributed by atoms with E-state index in [0.29, 0.717) is 41.6 Å². The smallest absolute Gasteiger partial charge is 0.329 e. The third kappa shape index (κ3) is 6.37. The van der Waals surface area contributed by atoms with E-state index in [9.17, 15) is 15.0 Å². The third-order valence-electron chi connectivity index (χ3n) is 6.56. The molecule has 1 aromatic carbocycles. The molecule has 0 spiro atoms. The molecule has 8 heteroatoms. The fraction of sp³-hybridized carbons (Fsp3) is 0.625. The van der Waals surface area contributed by atoms with Crippen LogP contribution in [-0.4, -0.2) is 67.5 Å². The zero-order chi connectivity index (χ0) is 23.1. The van der Waals surface area contributed by atoms with Gasteiger partial charge in [-0.2, -0.15) is 0 Å². The van der Waals surface area contributed by atoms with Crippen molar-refractivity contribution < 1.29 is 39.1 Å². The maximum absolute atomic E-state index is 10.5. The lowest BCUT2D eigenvalue weighted by atomic mass is 9.89. The van der Waals surface area contributed by atoms with Crippen LogP contribution in [0.4, 0.5) is 0 Å². The quantitative estimate of drug-likeness (QED) is 0.329. The van der Waals surface area contributed by atoms with Crippen molar-refractivity contribution in [3.05, 3.63) is 30.4 Å². The second kappa shape index (κ2) is 11.5. The molecule has 178 valence electrons. The Morgan fingerprint density at radius 2 is 1.97 bits per heavy atom. The van der Waals surface area contributed by atoms with Gasteiger partial charge in [0, 0.05) is 18.6 Å². The standard InChI is InChI=1S/C24H34O8/c1-29-22-6-4-18(12-23(22)30-2)32-13-17(25)3-5-19-20-10-15(7-8-31-14-24(27)28)9-16(20)11-21(19)26/h3-6,12,15-17,19-21,25-26H,7-11,13-14H2,1-2H3,(H,27,28)/t15?,16-,17?,19+,20+,21+/m0/s1. The second-order valence-electron chi connectivity index (χ2n) is 8.66. The monoisotopic (exact) mass is 450 g/mol. The van der Waals surface area contributed by atoms with E-state index in [2.05, 4.69) is 0 Å². The van der Waals surface area contributed by atoms with Crippen LogP contribution in [-0.2, 0) is 9.53 Å². The summed E-state index contributed by atoms with van der Waals surface area (Å²) in [5.41, 5.74) is 0. The zero-order valence-corrected chi connectivity index (χ0v) is 18.7. The molecule has 0 saturated heterocycles. The predicted molar refractivity (Wildman–Crippen MR) is 117 cm³/mol. The highest BCUT2D eigenvalue weighted by atomic mass is 16.5. The van der Waals surface area contributed by atoms with E-state index >= 15 is 0 Å². The van der Waals surface area contributed by atoms with Crippen LogP contribution in [0.15, 0.2) is 30.4 Å². The molecule has 2 aliphatic carbocycles. The van der Waals surface area contributed by atoms with Crippen molar-refractivity contribution in [2.75, 3.05) is 34.0 Å². The fourth-order valence-corrected chi connectivity index (χ4v) is 5.09. The molecule has 2 aliphatic rings. The first-order chi connectivity index (χ1) is 15.4. The van der Waals surface area contributed by atoms with Gasteiger partial charge in [-0.1, -0.05) is 12.2 Å². The van der Waals surface area contributed by atoms with Crippen LogP contribution in [0.2, 0.25) is 0 Å². The van der Waals surface area contributed by atoms with Gasteiger partial charge in [0.05, 0.1) is 20.3 Å². The Morgan fingerprint density at radius 1 is 1.19 bits per heavy atom. The summed E-state index contributed by atoms with van der Waals surface area (Å²) >= 11 is 0. The molecule has 32 heavy (non-hydrogen) atoms. The van der Waals surface area contributed by atoms with Crippen LogP contribution in [0.3, 0.4) is 0 Å². The lowest BCUT2D eigenvalue weighted by Crippen LogP contribution is -2.20. The normalized spacial score (nSPS) is 27.9. The molecule has 0 amide bonds. The van der Waals surface area contributed by atoms with E-state index in [4.69, 9.17) is 24.1 Å². The second-order valence-corrected chi connectivity index (χ2v) is 8.66. The van der Waals surface area contributed by atoms with Gasteiger partial charge < -0.3 is 34.3 Å². The molecule has 0 aromatic heterocycles. The van der Waals surface area contributed by atoms with Crippen molar-refractivity contribution in [2.45, 2.75) is 37.9 Å². The van der Waals surface area contributed by atoms with Crippen molar-refractivity contribution in [3.63, 3.8) is 0 Å². The van der Waals surface area contributed by atoms with Gasteiger partial charge in [-0.3, -0.25) is 0 Å². The van der Waals surface area contributed by atoms with E-state index in [-0.39, 0.29) is 19.1 Å². The van der Waals surface area contributed by atoms with Crippen LogP contribution in [0.1, 0.15) is 25.7 Å². The summed E-state index contributed by atoms with van der Waals surface area (Å²) in [6, 6.07) is 5.20. The topological polar surface area (TPSA) is 115 Å². The summed E-state index contributed by atoms with van der Waals surface area (Å²) in [5, 5.41) is 29.5. The van der Waals surface area contributed by atoms with E-state index in [1.54, 1.807) is 38.5 Å². The molecule has 0 heterocycles. The van der Waals surface area contributed by atoms with Crippen LogP contribution in [0.5, 0.6) is 17.2 Å². The van der Waals surface area contributed by atoms with Crippen molar-refractivity contribution in [3.8, 4) is 17.2 Å². The van der Waals surface area contributed by atoms with Gasteiger partial charge in [0.25, 0.3) is 0 Å². The lowest BCUT2D eigenvalue weighted by Gasteiger charge is -2.19. The van der Waals surface area contributed by atoms with E-state index < -0.39 is 18.2 Å². The SMILES string of the molecule is COc1ccc(OCC(O)C=C[C@@H]2[C@@H]3CC(CCOCC(=O)O)C[C@H]3C[C@H]2O)cc1OC. The number of fused-ring (bicyclic) bond motifs is 1. The Balaban J connectivity index is 1.47. The first-order valence-corrected chi connectivity index (χ1v) is 11.1. The maximum atomic E-state index is 10.5. The number of carbonyl (C=O) groups is 1. The molecule has 2 unspecified atom stereocenters. The first-order valence-electron chi connectivity index (χ1n) is 11.1. The molecule has 6 atom stereocenters. The minimum absolute atomic E-state index is 0.0145. The number of rotatable bonds is 12.